The van der Waals surface area contributed by atoms with Crippen molar-refractivity contribution in [1.29, 1.82) is 0 Å². The molecule has 0 spiro atoms. The number of hydrogen-bond donors (Lipinski definition) is 2. The second kappa shape index (κ2) is 4.42. The molecule has 0 saturated heterocycles. The minimum Gasteiger partial charge on any atom is -0.478 e. The predicted octanol–water partition coefficient (Wildman–Crippen LogP) is 1.41. The van der Waals surface area contributed by atoms with E-state index < -0.39 is 5.97 Å². The second-order valence-electron chi connectivity index (χ2n) is 3.87. The van der Waals surface area contributed by atoms with Crippen LogP contribution in [0.4, 0.5) is 0 Å². The molecule has 1 atom stereocenters. The third-order valence-corrected chi connectivity index (χ3v) is 2.35. The van der Waals surface area contributed by atoms with Crippen molar-refractivity contribution in [2.45, 2.75) is 32.2 Å². The van der Waals surface area contributed by atoms with Crippen molar-refractivity contribution in [2.75, 3.05) is 6.54 Å². The van der Waals surface area contributed by atoms with Gasteiger partial charge >= 0.3 is 5.97 Å². The number of hydrogen-bond acceptors (Lipinski definition) is 2. The molecule has 1 rings (SSSR count). The molecular formula is C10H17NO2. The molecule has 1 aliphatic rings. The van der Waals surface area contributed by atoms with E-state index in [1.54, 1.807) is 0 Å². The van der Waals surface area contributed by atoms with Crippen LogP contribution in [0.1, 0.15) is 26.2 Å². The summed E-state index contributed by atoms with van der Waals surface area (Å²) in [5, 5.41) is 11.7. The summed E-state index contributed by atoms with van der Waals surface area (Å²) in [5.74, 6) is -0.0354. The van der Waals surface area contributed by atoms with Crippen molar-refractivity contribution in [3.05, 3.63) is 12.2 Å². The summed E-state index contributed by atoms with van der Waals surface area (Å²) >= 11 is 0. The van der Waals surface area contributed by atoms with E-state index in [4.69, 9.17) is 5.11 Å². The maximum Gasteiger partial charge on any atom is 0.332 e. The van der Waals surface area contributed by atoms with Crippen LogP contribution in [0.5, 0.6) is 0 Å². The van der Waals surface area contributed by atoms with Crippen LogP contribution in [-0.4, -0.2) is 23.7 Å². The van der Waals surface area contributed by atoms with E-state index in [2.05, 4.69) is 18.8 Å². The lowest BCUT2D eigenvalue weighted by atomic mass is 10.1. The molecule has 0 aromatic rings. The standard InChI is InChI=1S/C10H17NO2/c1-7(10(12)13)6-11-8(2)5-9-3-4-9/h8-9,11H,1,3-6H2,2H3,(H,12,13). The van der Waals surface area contributed by atoms with E-state index in [0.717, 1.165) is 12.3 Å². The highest BCUT2D eigenvalue weighted by Gasteiger charge is 2.23. The Labute approximate surface area is 78.8 Å². The van der Waals surface area contributed by atoms with Crippen LogP contribution >= 0.6 is 0 Å². The Bertz CT molecular complexity index is 209. The lowest BCUT2D eigenvalue weighted by molar-refractivity contribution is -0.132. The summed E-state index contributed by atoms with van der Waals surface area (Å²) in [6.07, 6.45) is 3.84. The Kier molecular flexibility index (Phi) is 3.48. The van der Waals surface area contributed by atoms with Crippen molar-refractivity contribution in [2.24, 2.45) is 5.92 Å². The molecule has 3 heteroatoms. The highest BCUT2D eigenvalue weighted by atomic mass is 16.4. The SMILES string of the molecule is C=C(CNC(C)CC1CC1)C(=O)O. The van der Waals surface area contributed by atoms with Crippen molar-refractivity contribution in [3.63, 3.8) is 0 Å². The third kappa shape index (κ3) is 4.08. The monoisotopic (exact) mass is 183 g/mol. The zero-order valence-corrected chi connectivity index (χ0v) is 8.05. The maximum absolute atomic E-state index is 10.4. The molecule has 0 heterocycles. The van der Waals surface area contributed by atoms with Gasteiger partial charge in [0.1, 0.15) is 0 Å². The molecule has 0 radical (unpaired) electrons. The van der Waals surface area contributed by atoms with Gasteiger partial charge in [0.05, 0.1) is 0 Å². The molecule has 74 valence electrons. The topological polar surface area (TPSA) is 49.3 Å². The van der Waals surface area contributed by atoms with Crippen molar-refractivity contribution in [3.8, 4) is 0 Å². The van der Waals surface area contributed by atoms with Crippen LogP contribution < -0.4 is 5.32 Å². The Morgan fingerprint density at radius 1 is 1.69 bits per heavy atom. The van der Waals surface area contributed by atoms with Gasteiger partial charge in [-0.3, -0.25) is 0 Å². The molecule has 0 amide bonds. The summed E-state index contributed by atoms with van der Waals surface area (Å²) in [5.41, 5.74) is 0.239. The van der Waals surface area contributed by atoms with Crippen LogP contribution in [0.25, 0.3) is 0 Å². The highest BCUT2D eigenvalue weighted by Crippen LogP contribution is 2.33. The van der Waals surface area contributed by atoms with Gasteiger partial charge in [0.15, 0.2) is 0 Å². The lowest BCUT2D eigenvalue weighted by Crippen LogP contribution is -2.29. The van der Waals surface area contributed by atoms with E-state index in [0.29, 0.717) is 12.6 Å². The number of rotatable bonds is 6. The fourth-order valence-corrected chi connectivity index (χ4v) is 1.31. The lowest BCUT2D eigenvalue weighted by Gasteiger charge is -2.12. The zero-order valence-electron chi connectivity index (χ0n) is 8.05. The van der Waals surface area contributed by atoms with E-state index in [1.807, 2.05) is 0 Å². The first kappa shape index (κ1) is 10.3. The number of carboxylic acid groups (broad SMARTS) is 1. The fraction of sp³-hybridized carbons (Fsp3) is 0.700. The van der Waals surface area contributed by atoms with Crippen LogP contribution in [-0.2, 0) is 4.79 Å². The van der Waals surface area contributed by atoms with Gasteiger partial charge in [-0.05, 0) is 19.3 Å². The van der Waals surface area contributed by atoms with E-state index in [1.165, 1.54) is 12.8 Å². The Hall–Kier alpha value is -0.830. The van der Waals surface area contributed by atoms with Crippen LogP contribution in [0.3, 0.4) is 0 Å². The molecular weight excluding hydrogens is 166 g/mol. The predicted molar refractivity (Wildman–Crippen MR) is 51.6 cm³/mol. The number of nitrogens with one attached hydrogen (secondary N) is 1. The quantitative estimate of drug-likeness (QED) is 0.612. The average molecular weight is 183 g/mol. The first-order valence-electron chi connectivity index (χ1n) is 4.74. The van der Waals surface area contributed by atoms with E-state index in [9.17, 15) is 4.79 Å². The van der Waals surface area contributed by atoms with Crippen LogP contribution in [0.15, 0.2) is 12.2 Å². The van der Waals surface area contributed by atoms with E-state index in [-0.39, 0.29) is 5.57 Å². The molecule has 1 saturated carbocycles. The molecule has 1 unspecified atom stereocenters. The van der Waals surface area contributed by atoms with Gasteiger partial charge in [-0.1, -0.05) is 19.4 Å². The van der Waals surface area contributed by atoms with Gasteiger partial charge < -0.3 is 10.4 Å². The summed E-state index contributed by atoms with van der Waals surface area (Å²) in [6.45, 7) is 5.94. The summed E-state index contributed by atoms with van der Waals surface area (Å²) in [7, 11) is 0. The highest BCUT2D eigenvalue weighted by molar-refractivity contribution is 5.86. The molecule has 0 bridgehead atoms. The second-order valence-corrected chi connectivity index (χ2v) is 3.87. The third-order valence-electron chi connectivity index (χ3n) is 2.35. The molecule has 0 aliphatic heterocycles. The summed E-state index contributed by atoms with van der Waals surface area (Å²) in [4.78, 5) is 10.4. The van der Waals surface area contributed by atoms with Crippen LogP contribution in [0, 0.1) is 5.92 Å². The Morgan fingerprint density at radius 3 is 2.77 bits per heavy atom. The molecule has 0 aromatic heterocycles. The smallest absolute Gasteiger partial charge is 0.332 e. The molecule has 1 aliphatic carbocycles. The largest absolute Gasteiger partial charge is 0.478 e. The van der Waals surface area contributed by atoms with Gasteiger partial charge in [-0.2, -0.15) is 0 Å². The first-order chi connectivity index (χ1) is 6.09. The van der Waals surface area contributed by atoms with Gasteiger partial charge in [0, 0.05) is 18.2 Å². The van der Waals surface area contributed by atoms with Gasteiger partial charge in [0.25, 0.3) is 0 Å². The van der Waals surface area contributed by atoms with Gasteiger partial charge in [0.2, 0.25) is 0 Å². The van der Waals surface area contributed by atoms with Crippen molar-refractivity contribution in [1.82, 2.24) is 5.32 Å². The molecule has 1 fully saturated rings. The minimum atomic E-state index is -0.911. The molecule has 3 nitrogen and oxygen atoms in total. The van der Waals surface area contributed by atoms with Gasteiger partial charge in [-0.15, -0.1) is 0 Å². The Morgan fingerprint density at radius 2 is 2.31 bits per heavy atom. The summed E-state index contributed by atoms with van der Waals surface area (Å²) in [6, 6.07) is 0.406. The fourth-order valence-electron chi connectivity index (χ4n) is 1.31. The van der Waals surface area contributed by atoms with Crippen molar-refractivity contribution >= 4 is 5.97 Å². The van der Waals surface area contributed by atoms with Crippen molar-refractivity contribution < 1.29 is 9.90 Å². The average Bonchev–Trinajstić information content (AvgIpc) is 2.83. The zero-order chi connectivity index (χ0) is 9.84. The maximum atomic E-state index is 10.4. The summed E-state index contributed by atoms with van der Waals surface area (Å²) < 4.78 is 0. The molecule has 13 heavy (non-hydrogen) atoms. The van der Waals surface area contributed by atoms with E-state index >= 15 is 0 Å². The first-order valence-corrected chi connectivity index (χ1v) is 4.74. The molecule has 0 aromatic carbocycles. The normalized spacial score (nSPS) is 18.2. The minimum absolute atomic E-state index is 0.239. The number of carbonyl (C=O) groups is 1. The Balaban J connectivity index is 2.09. The number of carboxylic acids is 1. The molecule has 2 N–H and O–H groups in total. The van der Waals surface area contributed by atoms with Crippen LogP contribution in [0.2, 0.25) is 0 Å². The number of aliphatic carboxylic acids is 1. The van der Waals surface area contributed by atoms with Gasteiger partial charge in [-0.25, -0.2) is 4.79 Å².